The molecule has 0 saturated heterocycles. The number of aryl methyl sites for hydroxylation is 1. The van der Waals surface area contributed by atoms with Gasteiger partial charge in [-0.1, -0.05) is 48.3 Å². The lowest BCUT2D eigenvalue weighted by atomic mass is 10.1. The van der Waals surface area contributed by atoms with Gasteiger partial charge < -0.3 is 10.2 Å². The number of sulfonamides is 1. The number of hydrogen-bond acceptors (Lipinski definition) is 4. The van der Waals surface area contributed by atoms with Crippen molar-refractivity contribution in [1.29, 1.82) is 0 Å². The van der Waals surface area contributed by atoms with Crippen molar-refractivity contribution in [1.82, 2.24) is 10.2 Å². The molecule has 0 unspecified atom stereocenters. The van der Waals surface area contributed by atoms with E-state index in [0.717, 1.165) is 16.1 Å². The van der Waals surface area contributed by atoms with Crippen LogP contribution < -0.4 is 9.62 Å². The minimum absolute atomic E-state index is 0.0488. The van der Waals surface area contributed by atoms with Crippen LogP contribution in [-0.2, 0) is 26.2 Å². The lowest BCUT2D eigenvalue weighted by molar-refractivity contribution is -0.140. The molecule has 0 aliphatic carbocycles. The maximum absolute atomic E-state index is 13.6. The fourth-order valence-corrected chi connectivity index (χ4v) is 4.91. The summed E-state index contributed by atoms with van der Waals surface area (Å²) >= 11 is 12.7. The highest BCUT2D eigenvalue weighted by atomic mass is 35.5. The molecule has 0 spiro atoms. The molecule has 2 rings (SSSR count). The van der Waals surface area contributed by atoms with Crippen molar-refractivity contribution < 1.29 is 18.0 Å². The average Bonchev–Trinajstić information content (AvgIpc) is 2.72. The second kappa shape index (κ2) is 11.9. The molecule has 1 N–H and O–H groups in total. The van der Waals surface area contributed by atoms with Crippen molar-refractivity contribution in [2.24, 2.45) is 0 Å². The summed E-state index contributed by atoms with van der Waals surface area (Å²) in [6.07, 6.45) is 1.36. The monoisotopic (exact) mass is 527 g/mol. The number of hydrogen-bond donors (Lipinski definition) is 1. The van der Waals surface area contributed by atoms with Gasteiger partial charge in [0.25, 0.3) is 0 Å². The van der Waals surface area contributed by atoms with Gasteiger partial charge in [-0.2, -0.15) is 0 Å². The van der Waals surface area contributed by atoms with Gasteiger partial charge in [-0.15, -0.1) is 0 Å². The van der Waals surface area contributed by atoms with Gasteiger partial charge in [-0.05, 0) is 57.0 Å². The third kappa shape index (κ3) is 7.35. The second-order valence-electron chi connectivity index (χ2n) is 8.42. The Balaban J connectivity index is 2.51. The van der Waals surface area contributed by atoms with Gasteiger partial charge in [0.05, 0.1) is 11.9 Å². The summed E-state index contributed by atoms with van der Waals surface area (Å²) in [5.74, 6) is -0.885. The van der Waals surface area contributed by atoms with Gasteiger partial charge in [0.15, 0.2) is 0 Å². The van der Waals surface area contributed by atoms with Crippen molar-refractivity contribution >= 4 is 50.7 Å². The topological polar surface area (TPSA) is 86.8 Å². The number of benzene rings is 2. The molecular formula is C24H31Cl2N3O4S. The minimum Gasteiger partial charge on any atom is -0.352 e. The Labute approximate surface area is 212 Å². The minimum atomic E-state index is -3.79. The summed E-state index contributed by atoms with van der Waals surface area (Å²) in [6, 6.07) is 10.9. The Hall–Kier alpha value is -2.29. The van der Waals surface area contributed by atoms with E-state index in [2.05, 4.69) is 5.32 Å². The summed E-state index contributed by atoms with van der Waals surface area (Å²) in [5.41, 5.74) is 1.70. The van der Waals surface area contributed by atoms with Crippen molar-refractivity contribution in [2.75, 3.05) is 17.1 Å². The highest BCUT2D eigenvalue weighted by Crippen LogP contribution is 2.27. The molecule has 0 radical (unpaired) electrons. The quantitative estimate of drug-likeness (QED) is 0.495. The molecule has 0 fully saturated rings. The predicted octanol–water partition coefficient (Wildman–Crippen LogP) is 4.40. The average molecular weight is 529 g/mol. The largest absolute Gasteiger partial charge is 0.352 e. The standard InChI is InChI=1S/C24H31Cl2N3O4S/c1-6-22(24(31)27-16(2)3)28(14-19-20(25)11-8-12-21(19)26)23(30)15-29(34(5,32)33)18-10-7-9-17(4)13-18/h7-13,16,22H,6,14-15H2,1-5H3,(H,27,31)/t22-/m0/s1. The van der Waals surface area contributed by atoms with Gasteiger partial charge in [0, 0.05) is 28.2 Å². The van der Waals surface area contributed by atoms with Crippen LogP contribution in [0.25, 0.3) is 0 Å². The first kappa shape index (κ1) is 28.0. The summed E-state index contributed by atoms with van der Waals surface area (Å²) in [6.45, 7) is 6.74. The van der Waals surface area contributed by atoms with E-state index in [0.29, 0.717) is 27.7 Å². The van der Waals surface area contributed by atoms with Crippen LogP contribution in [-0.4, -0.2) is 50.0 Å². The van der Waals surface area contributed by atoms with Crippen LogP contribution in [0.4, 0.5) is 5.69 Å². The molecule has 2 aromatic carbocycles. The van der Waals surface area contributed by atoms with E-state index in [1.54, 1.807) is 43.3 Å². The molecule has 0 aliphatic heterocycles. The number of amides is 2. The van der Waals surface area contributed by atoms with Gasteiger partial charge in [0.2, 0.25) is 21.8 Å². The molecule has 0 bridgehead atoms. The zero-order chi connectivity index (χ0) is 25.6. The third-order valence-corrected chi connectivity index (χ3v) is 7.02. The number of rotatable bonds is 10. The maximum Gasteiger partial charge on any atom is 0.244 e. The molecule has 7 nitrogen and oxygen atoms in total. The predicted molar refractivity (Wildman–Crippen MR) is 138 cm³/mol. The fraction of sp³-hybridized carbons (Fsp3) is 0.417. The van der Waals surface area contributed by atoms with Crippen LogP contribution in [0.2, 0.25) is 10.0 Å². The first-order valence-electron chi connectivity index (χ1n) is 10.9. The summed E-state index contributed by atoms with van der Waals surface area (Å²) in [5, 5.41) is 3.54. The molecule has 186 valence electrons. The number of anilines is 1. The molecule has 0 aromatic heterocycles. The molecule has 34 heavy (non-hydrogen) atoms. The number of nitrogens with one attached hydrogen (secondary N) is 1. The highest BCUT2D eigenvalue weighted by Gasteiger charge is 2.32. The van der Waals surface area contributed by atoms with Crippen LogP contribution >= 0.6 is 23.2 Å². The summed E-state index contributed by atoms with van der Waals surface area (Å²) in [4.78, 5) is 28.0. The number of carbonyl (C=O) groups is 2. The first-order valence-corrected chi connectivity index (χ1v) is 13.5. The van der Waals surface area contributed by atoms with Gasteiger partial charge in [-0.3, -0.25) is 13.9 Å². The van der Waals surface area contributed by atoms with Crippen molar-refractivity contribution in [2.45, 2.75) is 52.7 Å². The molecule has 0 aliphatic rings. The van der Waals surface area contributed by atoms with Crippen LogP contribution in [0.3, 0.4) is 0 Å². The Morgan fingerprint density at radius 1 is 1.06 bits per heavy atom. The maximum atomic E-state index is 13.6. The molecule has 10 heteroatoms. The number of halogens is 2. The lowest BCUT2D eigenvalue weighted by Gasteiger charge is -2.33. The SMILES string of the molecule is CC[C@@H](C(=O)NC(C)C)N(Cc1c(Cl)cccc1Cl)C(=O)CN(c1cccc(C)c1)S(C)(=O)=O. The van der Waals surface area contributed by atoms with Crippen molar-refractivity contribution in [3.05, 3.63) is 63.6 Å². The van der Waals surface area contributed by atoms with E-state index in [1.165, 1.54) is 4.90 Å². The van der Waals surface area contributed by atoms with Gasteiger partial charge in [0.1, 0.15) is 12.6 Å². The second-order valence-corrected chi connectivity index (χ2v) is 11.1. The smallest absolute Gasteiger partial charge is 0.244 e. The van der Waals surface area contributed by atoms with E-state index in [1.807, 2.05) is 26.8 Å². The third-order valence-electron chi connectivity index (χ3n) is 5.18. The van der Waals surface area contributed by atoms with Crippen LogP contribution in [0.5, 0.6) is 0 Å². The zero-order valence-corrected chi connectivity index (χ0v) is 22.3. The van der Waals surface area contributed by atoms with Crippen molar-refractivity contribution in [3.8, 4) is 0 Å². The van der Waals surface area contributed by atoms with E-state index in [-0.39, 0.29) is 18.5 Å². The normalized spacial score (nSPS) is 12.4. The fourth-order valence-electron chi connectivity index (χ4n) is 3.55. The Kier molecular flexibility index (Phi) is 9.79. The molecule has 0 saturated carbocycles. The van der Waals surface area contributed by atoms with Crippen LogP contribution in [0.1, 0.15) is 38.3 Å². The van der Waals surface area contributed by atoms with Crippen molar-refractivity contribution in [3.63, 3.8) is 0 Å². The lowest BCUT2D eigenvalue weighted by Crippen LogP contribution is -2.53. The molecule has 0 heterocycles. The Bertz CT molecular complexity index is 1120. The van der Waals surface area contributed by atoms with E-state index in [9.17, 15) is 18.0 Å². The molecule has 2 amide bonds. The first-order chi connectivity index (χ1) is 15.8. The van der Waals surface area contributed by atoms with Gasteiger partial charge in [-0.25, -0.2) is 8.42 Å². The van der Waals surface area contributed by atoms with Crippen LogP contribution in [0, 0.1) is 6.92 Å². The highest BCUT2D eigenvalue weighted by molar-refractivity contribution is 7.92. The Morgan fingerprint density at radius 3 is 2.15 bits per heavy atom. The number of nitrogens with zero attached hydrogens (tertiary/aromatic N) is 2. The van der Waals surface area contributed by atoms with E-state index < -0.39 is 28.5 Å². The molecule has 1 atom stereocenters. The summed E-state index contributed by atoms with van der Waals surface area (Å²) in [7, 11) is -3.79. The zero-order valence-electron chi connectivity index (χ0n) is 20.0. The molecule has 2 aromatic rings. The summed E-state index contributed by atoms with van der Waals surface area (Å²) < 4.78 is 26.3. The van der Waals surface area contributed by atoms with E-state index in [4.69, 9.17) is 23.2 Å². The molecular weight excluding hydrogens is 497 g/mol. The van der Waals surface area contributed by atoms with E-state index >= 15 is 0 Å². The number of carbonyl (C=O) groups excluding carboxylic acids is 2. The van der Waals surface area contributed by atoms with Crippen LogP contribution in [0.15, 0.2) is 42.5 Å². The van der Waals surface area contributed by atoms with Gasteiger partial charge >= 0.3 is 0 Å². The Morgan fingerprint density at radius 2 is 1.65 bits per heavy atom.